The molecule has 0 radical (unpaired) electrons. The number of nitrogens with one attached hydrogen (secondary N) is 1. The van der Waals surface area contributed by atoms with Crippen LogP contribution in [0.3, 0.4) is 0 Å². The number of likely N-dealkylation sites (tertiary alicyclic amines) is 1. The zero-order chi connectivity index (χ0) is 13.2. The SMILES string of the molecule is CC(NCC1(O)CCOC1C)C1CCCN(C)C1. The maximum Gasteiger partial charge on any atom is 0.105 e. The summed E-state index contributed by atoms with van der Waals surface area (Å²) >= 11 is 0. The van der Waals surface area contributed by atoms with Gasteiger partial charge in [-0.15, -0.1) is 0 Å². The molecular weight excluding hydrogens is 228 g/mol. The van der Waals surface area contributed by atoms with E-state index in [9.17, 15) is 5.11 Å². The van der Waals surface area contributed by atoms with Gasteiger partial charge in [0.05, 0.1) is 6.10 Å². The van der Waals surface area contributed by atoms with Gasteiger partial charge in [-0.05, 0) is 46.2 Å². The Hall–Kier alpha value is -0.160. The predicted molar refractivity (Wildman–Crippen MR) is 72.7 cm³/mol. The molecule has 4 nitrogen and oxygen atoms in total. The lowest BCUT2D eigenvalue weighted by Crippen LogP contribution is -2.51. The van der Waals surface area contributed by atoms with Crippen LogP contribution in [0, 0.1) is 5.92 Å². The van der Waals surface area contributed by atoms with Gasteiger partial charge in [-0.1, -0.05) is 0 Å². The molecule has 4 atom stereocenters. The third-order valence-electron chi connectivity index (χ3n) is 4.76. The van der Waals surface area contributed by atoms with Crippen molar-refractivity contribution < 1.29 is 9.84 Å². The average molecular weight is 256 g/mol. The van der Waals surface area contributed by atoms with Crippen LogP contribution in [-0.2, 0) is 4.74 Å². The third kappa shape index (κ3) is 3.23. The maximum absolute atomic E-state index is 10.5. The molecule has 0 aliphatic carbocycles. The Morgan fingerprint density at radius 2 is 2.33 bits per heavy atom. The first-order valence-electron chi connectivity index (χ1n) is 7.27. The fourth-order valence-corrected chi connectivity index (χ4v) is 3.12. The van der Waals surface area contributed by atoms with Gasteiger partial charge < -0.3 is 20.1 Å². The van der Waals surface area contributed by atoms with E-state index in [1.165, 1.54) is 25.9 Å². The number of hydrogen-bond donors (Lipinski definition) is 2. The van der Waals surface area contributed by atoms with Gasteiger partial charge in [0.15, 0.2) is 0 Å². The molecule has 0 saturated carbocycles. The molecule has 2 rings (SSSR count). The largest absolute Gasteiger partial charge is 0.386 e. The van der Waals surface area contributed by atoms with Crippen molar-refractivity contribution in [2.24, 2.45) is 5.92 Å². The van der Waals surface area contributed by atoms with E-state index in [-0.39, 0.29) is 6.10 Å². The van der Waals surface area contributed by atoms with Crippen LogP contribution in [0.4, 0.5) is 0 Å². The van der Waals surface area contributed by atoms with Gasteiger partial charge in [-0.25, -0.2) is 0 Å². The molecule has 0 aromatic carbocycles. The predicted octanol–water partition coefficient (Wildman–Crippen LogP) is 0.846. The molecule has 4 heteroatoms. The molecule has 0 bridgehead atoms. The molecule has 0 amide bonds. The second-order valence-electron chi connectivity index (χ2n) is 6.20. The zero-order valence-electron chi connectivity index (χ0n) is 12.0. The minimum atomic E-state index is -0.672. The van der Waals surface area contributed by atoms with Crippen LogP contribution in [0.25, 0.3) is 0 Å². The summed E-state index contributed by atoms with van der Waals surface area (Å²) in [5.41, 5.74) is -0.672. The summed E-state index contributed by atoms with van der Waals surface area (Å²) in [7, 11) is 2.19. The van der Waals surface area contributed by atoms with Crippen LogP contribution in [0.15, 0.2) is 0 Å². The van der Waals surface area contributed by atoms with Crippen LogP contribution in [-0.4, -0.2) is 61.0 Å². The summed E-state index contributed by atoms with van der Waals surface area (Å²) in [6.45, 7) is 7.92. The highest BCUT2D eigenvalue weighted by Crippen LogP contribution is 2.26. The molecule has 0 spiro atoms. The van der Waals surface area contributed by atoms with Gasteiger partial charge in [0.25, 0.3) is 0 Å². The van der Waals surface area contributed by atoms with Gasteiger partial charge in [-0.3, -0.25) is 0 Å². The van der Waals surface area contributed by atoms with Gasteiger partial charge >= 0.3 is 0 Å². The molecule has 2 heterocycles. The quantitative estimate of drug-likeness (QED) is 0.782. The van der Waals surface area contributed by atoms with Crippen molar-refractivity contribution in [3.8, 4) is 0 Å². The van der Waals surface area contributed by atoms with Crippen molar-refractivity contribution in [1.29, 1.82) is 0 Å². The van der Waals surface area contributed by atoms with Gasteiger partial charge in [-0.2, -0.15) is 0 Å². The Balaban J connectivity index is 1.79. The molecule has 0 aromatic rings. The fourth-order valence-electron chi connectivity index (χ4n) is 3.12. The van der Waals surface area contributed by atoms with Crippen LogP contribution in [0.2, 0.25) is 0 Å². The molecule has 2 fully saturated rings. The Bertz CT molecular complexity index is 275. The zero-order valence-corrected chi connectivity index (χ0v) is 12.0. The van der Waals surface area contributed by atoms with E-state index in [0.717, 1.165) is 6.42 Å². The lowest BCUT2D eigenvalue weighted by atomic mass is 9.90. The molecule has 4 unspecified atom stereocenters. The molecule has 2 saturated heterocycles. The number of piperidine rings is 1. The highest BCUT2D eigenvalue weighted by molar-refractivity contribution is 4.93. The molecule has 2 aliphatic heterocycles. The van der Waals surface area contributed by atoms with Crippen molar-refractivity contribution in [3.63, 3.8) is 0 Å². The van der Waals surface area contributed by atoms with Crippen molar-refractivity contribution in [1.82, 2.24) is 10.2 Å². The van der Waals surface area contributed by atoms with Crippen LogP contribution >= 0.6 is 0 Å². The summed E-state index contributed by atoms with van der Waals surface area (Å²) in [6.07, 6.45) is 3.28. The third-order valence-corrected chi connectivity index (χ3v) is 4.76. The Labute approximate surface area is 111 Å². The Kier molecular flexibility index (Phi) is 4.64. The first-order chi connectivity index (χ1) is 8.51. The second-order valence-corrected chi connectivity index (χ2v) is 6.20. The molecule has 106 valence electrons. The molecule has 18 heavy (non-hydrogen) atoms. The van der Waals surface area contributed by atoms with Crippen molar-refractivity contribution in [2.45, 2.75) is 50.9 Å². The van der Waals surface area contributed by atoms with E-state index in [1.54, 1.807) is 0 Å². The number of hydrogen-bond acceptors (Lipinski definition) is 4. The smallest absolute Gasteiger partial charge is 0.105 e. The first kappa shape index (κ1) is 14.3. The molecule has 0 aromatic heterocycles. The highest BCUT2D eigenvalue weighted by atomic mass is 16.5. The van der Waals surface area contributed by atoms with Crippen LogP contribution in [0.5, 0.6) is 0 Å². The minimum absolute atomic E-state index is 0.0498. The lowest BCUT2D eigenvalue weighted by molar-refractivity contribution is -0.0289. The summed E-state index contributed by atoms with van der Waals surface area (Å²) in [4.78, 5) is 2.41. The van der Waals surface area contributed by atoms with Crippen LogP contribution in [0.1, 0.15) is 33.1 Å². The van der Waals surface area contributed by atoms with Gasteiger partial charge in [0.1, 0.15) is 5.60 Å². The minimum Gasteiger partial charge on any atom is -0.386 e. The maximum atomic E-state index is 10.5. The van der Waals surface area contributed by atoms with E-state index in [2.05, 4.69) is 24.2 Å². The van der Waals surface area contributed by atoms with Gasteiger partial charge in [0.2, 0.25) is 0 Å². The summed E-state index contributed by atoms with van der Waals surface area (Å²) in [5.74, 6) is 0.699. The second kappa shape index (κ2) is 5.87. The van der Waals surface area contributed by atoms with Crippen molar-refractivity contribution in [2.75, 3.05) is 33.3 Å². The van der Waals surface area contributed by atoms with Crippen molar-refractivity contribution >= 4 is 0 Å². The summed E-state index contributed by atoms with van der Waals surface area (Å²) < 4.78 is 5.47. The standard InChI is InChI=1S/C14H28N2O2/c1-11(13-5-4-7-16(3)9-13)15-10-14(17)6-8-18-12(14)2/h11-13,15,17H,4-10H2,1-3H3. The highest BCUT2D eigenvalue weighted by Gasteiger charge is 2.39. The molecule has 2 aliphatic rings. The van der Waals surface area contributed by atoms with E-state index in [0.29, 0.717) is 25.1 Å². The Morgan fingerprint density at radius 3 is 2.94 bits per heavy atom. The summed E-state index contributed by atoms with van der Waals surface area (Å²) in [5, 5.41) is 14.0. The fraction of sp³-hybridized carbons (Fsp3) is 1.00. The number of ether oxygens (including phenoxy) is 1. The van der Waals surface area contributed by atoms with E-state index in [1.807, 2.05) is 6.92 Å². The average Bonchev–Trinajstić information content (AvgIpc) is 2.67. The normalized spacial score (nSPS) is 40.0. The summed E-state index contributed by atoms with van der Waals surface area (Å²) in [6, 6.07) is 0.463. The molecular formula is C14H28N2O2. The first-order valence-corrected chi connectivity index (χ1v) is 7.27. The lowest BCUT2D eigenvalue weighted by Gasteiger charge is -2.36. The van der Waals surface area contributed by atoms with E-state index < -0.39 is 5.60 Å². The Morgan fingerprint density at radius 1 is 1.56 bits per heavy atom. The number of aliphatic hydroxyl groups is 1. The van der Waals surface area contributed by atoms with Gasteiger partial charge in [0, 0.05) is 32.2 Å². The molecule has 2 N–H and O–H groups in total. The van der Waals surface area contributed by atoms with E-state index >= 15 is 0 Å². The van der Waals surface area contributed by atoms with Crippen LogP contribution < -0.4 is 5.32 Å². The number of rotatable bonds is 4. The topological polar surface area (TPSA) is 44.7 Å². The van der Waals surface area contributed by atoms with E-state index in [4.69, 9.17) is 4.74 Å². The van der Waals surface area contributed by atoms with Crippen molar-refractivity contribution in [3.05, 3.63) is 0 Å². The number of nitrogens with zero attached hydrogens (tertiary/aromatic N) is 1. The monoisotopic (exact) mass is 256 g/mol.